The van der Waals surface area contributed by atoms with Gasteiger partial charge in [0.15, 0.2) is 0 Å². The van der Waals surface area contributed by atoms with Gasteiger partial charge in [-0.1, -0.05) is 11.6 Å². The largest absolute Gasteiger partial charge is 0.282 e. The Bertz CT molecular complexity index is 574. The third kappa shape index (κ3) is 3.35. The van der Waals surface area contributed by atoms with E-state index in [-0.39, 0.29) is 16.7 Å². The van der Waals surface area contributed by atoms with Gasteiger partial charge in [0, 0.05) is 0 Å². The lowest BCUT2D eigenvalue weighted by atomic mass is 10.2. The highest BCUT2D eigenvalue weighted by atomic mass is 35.5. The molecule has 0 spiro atoms. The molecule has 0 amide bonds. The number of nitrogens with one attached hydrogen (secondary N) is 1. The Labute approximate surface area is 105 Å². The highest BCUT2D eigenvalue weighted by molar-refractivity contribution is 7.92. The molecule has 1 aliphatic rings. The molecule has 1 aromatic rings. The van der Waals surface area contributed by atoms with Gasteiger partial charge in [-0.2, -0.15) is 5.26 Å². The Hall–Kier alpha value is -1.25. The van der Waals surface area contributed by atoms with Crippen molar-refractivity contribution in [2.24, 2.45) is 5.92 Å². The van der Waals surface area contributed by atoms with Crippen molar-refractivity contribution in [3.05, 3.63) is 28.8 Å². The van der Waals surface area contributed by atoms with E-state index in [9.17, 15) is 8.42 Å². The van der Waals surface area contributed by atoms with Crippen LogP contribution in [0.1, 0.15) is 18.4 Å². The Morgan fingerprint density at radius 2 is 2.18 bits per heavy atom. The first-order valence-electron chi connectivity index (χ1n) is 5.20. The minimum Gasteiger partial charge on any atom is -0.282 e. The van der Waals surface area contributed by atoms with Crippen LogP contribution < -0.4 is 4.72 Å². The maximum atomic E-state index is 11.7. The first-order chi connectivity index (χ1) is 8.00. The molecule has 1 aromatic carbocycles. The second-order valence-corrected chi connectivity index (χ2v) is 6.31. The third-order valence-electron chi connectivity index (χ3n) is 2.52. The third-order valence-corrected chi connectivity index (χ3v) is 4.27. The van der Waals surface area contributed by atoms with Crippen molar-refractivity contribution in [2.75, 3.05) is 10.5 Å². The molecule has 17 heavy (non-hydrogen) atoms. The first-order valence-corrected chi connectivity index (χ1v) is 7.23. The molecule has 0 unspecified atom stereocenters. The fraction of sp³-hybridized carbons (Fsp3) is 0.364. The lowest BCUT2D eigenvalue weighted by Gasteiger charge is -2.09. The molecule has 0 heterocycles. The number of anilines is 1. The van der Waals surface area contributed by atoms with Crippen LogP contribution in [0, 0.1) is 17.2 Å². The molecule has 1 N–H and O–H groups in total. The molecule has 4 nitrogen and oxygen atoms in total. The molecule has 0 radical (unpaired) electrons. The predicted molar refractivity (Wildman–Crippen MR) is 66.3 cm³/mol. The molecule has 0 saturated heterocycles. The molecule has 1 saturated carbocycles. The minimum absolute atomic E-state index is 0.142. The van der Waals surface area contributed by atoms with Crippen molar-refractivity contribution in [2.45, 2.75) is 12.8 Å². The van der Waals surface area contributed by atoms with E-state index in [0.29, 0.717) is 11.3 Å². The number of benzene rings is 1. The standard InChI is InChI=1S/C11H11ClN2O2S/c12-10-5-9(6-13)3-4-11(10)14-17(15,16)7-8-1-2-8/h3-5,8,14H,1-2,7H2. The number of rotatable bonds is 4. The fourth-order valence-electron chi connectivity index (χ4n) is 1.47. The fourth-order valence-corrected chi connectivity index (χ4v) is 3.31. The quantitative estimate of drug-likeness (QED) is 0.913. The summed E-state index contributed by atoms with van der Waals surface area (Å²) in [5, 5.41) is 8.90. The average Bonchev–Trinajstić information content (AvgIpc) is 3.04. The maximum Gasteiger partial charge on any atom is 0.233 e. The highest BCUT2D eigenvalue weighted by Crippen LogP contribution is 2.31. The van der Waals surface area contributed by atoms with E-state index in [2.05, 4.69) is 4.72 Å². The van der Waals surface area contributed by atoms with Crippen molar-refractivity contribution >= 4 is 27.3 Å². The molecule has 6 heteroatoms. The van der Waals surface area contributed by atoms with E-state index in [1.165, 1.54) is 18.2 Å². The summed E-state index contributed by atoms with van der Waals surface area (Å²) in [4.78, 5) is 0. The van der Waals surface area contributed by atoms with Crippen molar-refractivity contribution in [3.8, 4) is 6.07 Å². The molecule has 0 atom stereocenters. The Morgan fingerprint density at radius 3 is 2.71 bits per heavy atom. The first kappa shape index (κ1) is 12.2. The summed E-state index contributed by atoms with van der Waals surface area (Å²) >= 11 is 5.89. The van der Waals surface area contributed by atoms with Gasteiger partial charge in [0.25, 0.3) is 0 Å². The number of halogens is 1. The van der Waals surface area contributed by atoms with Crippen molar-refractivity contribution < 1.29 is 8.42 Å². The summed E-state index contributed by atoms with van der Waals surface area (Å²) < 4.78 is 25.9. The maximum absolute atomic E-state index is 11.7. The second-order valence-electron chi connectivity index (χ2n) is 4.13. The SMILES string of the molecule is N#Cc1ccc(NS(=O)(=O)CC2CC2)c(Cl)c1. The summed E-state index contributed by atoms with van der Waals surface area (Å²) in [7, 11) is -3.33. The summed E-state index contributed by atoms with van der Waals surface area (Å²) in [5.74, 6) is 0.424. The molecule has 0 aliphatic heterocycles. The van der Waals surface area contributed by atoms with Crippen LogP contribution in [0.5, 0.6) is 0 Å². The van der Waals surface area contributed by atoms with Crippen molar-refractivity contribution in [1.82, 2.24) is 0 Å². The van der Waals surface area contributed by atoms with Gasteiger partial charge >= 0.3 is 0 Å². The van der Waals surface area contributed by atoms with Gasteiger partial charge in [0.1, 0.15) is 0 Å². The number of nitrogens with zero attached hydrogens (tertiary/aromatic N) is 1. The molecular weight excluding hydrogens is 260 g/mol. The van der Waals surface area contributed by atoms with Crippen molar-refractivity contribution in [3.63, 3.8) is 0 Å². The van der Waals surface area contributed by atoms with Crippen LogP contribution in [0.3, 0.4) is 0 Å². The summed E-state index contributed by atoms with van der Waals surface area (Å²) in [6.07, 6.45) is 1.95. The topological polar surface area (TPSA) is 70.0 Å². The van der Waals surface area contributed by atoms with E-state index in [4.69, 9.17) is 16.9 Å². The zero-order valence-electron chi connectivity index (χ0n) is 8.98. The number of hydrogen-bond acceptors (Lipinski definition) is 3. The number of nitriles is 1. The van der Waals surface area contributed by atoms with Crippen LogP contribution in [-0.2, 0) is 10.0 Å². The number of hydrogen-bond donors (Lipinski definition) is 1. The van der Waals surface area contributed by atoms with E-state index in [0.717, 1.165) is 12.8 Å². The molecular formula is C11H11ClN2O2S. The molecule has 1 fully saturated rings. The van der Waals surface area contributed by atoms with Crippen LogP contribution in [0.15, 0.2) is 18.2 Å². The molecule has 1 aliphatic carbocycles. The van der Waals surface area contributed by atoms with Gasteiger partial charge in [0.2, 0.25) is 10.0 Å². The van der Waals surface area contributed by atoms with E-state index in [1.807, 2.05) is 6.07 Å². The highest BCUT2D eigenvalue weighted by Gasteiger charge is 2.28. The van der Waals surface area contributed by atoms with E-state index in [1.54, 1.807) is 0 Å². The lowest BCUT2D eigenvalue weighted by Crippen LogP contribution is -2.18. The monoisotopic (exact) mass is 270 g/mol. The van der Waals surface area contributed by atoms with Gasteiger partial charge in [0.05, 0.1) is 28.1 Å². The van der Waals surface area contributed by atoms with Gasteiger partial charge in [-0.25, -0.2) is 8.42 Å². The molecule has 0 bridgehead atoms. The van der Waals surface area contributed by atoms with Crippen LogP contribution >= 0.6 is 11.6 Å². The van der Waals surface area contributed by atoms with E-state index < -0.39 is 10.0 Å². The van der Waals surface area contributed by atoms with Gasteiger partial charge in [-0.05, 0) is 37.0 Å². The average molecular weight is 271 g/mol. The minimum atomic E-state index is -3.33. The number of sulfonamides is 1. The zero-order valence-corrected chi connectivity index (χ0v) is 10.6. The lowest BCUT2D eigenvalue weighted by molar-refractivity contribution is 0.597. The molecule has 90 valence electrons. The van der Waals surface area contributed by atoms with Gasteiger partial charge < -0.3 is 0 Å². The summed E-state index contributed by atoms with van der Waals surface area (Å²) in [5.41, 5.74) is 0.728. The second kappa shape index (κ2) is 4.55. The predicted octanol–water partition coefficient (Wildman–Crippen LogP) is 2.36. The Morgan fingerprint density at radius 1 is 1.47 bits per heavy atom. The van der Waals surface area contributed by atoms with Gasteiger partial charge in [-0.15, -0.1) is 0 Å². The molecule has 0 aromatic heterocycles. The van der Waals surface area contributed by atoms with Gasteiger partial charge in [-0.3, -0.25) is 4.72 Å². The van der Waals surface area contributed by atoms with Crippen molar-refractivity contribution in [1.29, 1.82) is 5.26 Å². The van der Waals surface area contributed by atoms with Crippen LogP contribution in [-0.4, -0.2) is 14.2 Å². The normalized spacial score (nSPS) is 15.3. The summed E-state index contributed by atoms with van der Waals surface area (Å²) in [6.45, 7) is 0. The van der Waals surface area contributed by atoms with Crippen LogP contribution in [0.25, 0.3) is 0 Å². The summed E-state index contributed by atoms with van der Waals surface area (Å²) in [6, 6.07) is 6.41. The van der Waals surface area contributed by atoms with E-state index >= 15 is 0 Å². The Balaban J connectivity index is 2.15. The zero-order chi connectivity index (χ0) is 12.5. The van der Waals surface area contributed by atoms with Crippen LogP contribution in [0.2, 0.25) is 5.02 Å². The van der Waals surface area contributed by atoms with Crippen LogP contribution in [0.4, 0.5) is 5.69 Å². The molecule has 2 rings (SSSR count). The smallest absolute Gasteiger partial charge is 0.233 e. The Kier molecular flexibility index (Phi) is 3.27.